The molecule has 0 aromatic heterocycles. The Morgan fingerprint density at radius 3 is 2.60 bits per heavy atom. The first-order valence-electron chi connectivity index (χ1n) is 7.85. The Kier molecular flexibility index (Phi) is 5.27. The Hall–Kier alpha value is -0.810. The van der Waals surface area contributed by atoms with E-state index in [1.165, 1.54) is 6.42 Å². The van der Waals surface area contributed by atoms with Crippen LogP contribution in [-0.2, 0) is 4.74 Å². The summed E-state index contributed by atoms with van der Waals surface area (Å²) < 4.78 is 5.48. The summed E-state index contributed by atoms with van der Waals surface area (Å²) in [5.41, 5.74) is -0.400. The molecular formula is C15H29N3O2. The second-order valence-corrected chi connectivity index (χ2v) is 6.99. The maximum atomic E-state index is 12.1. The molecule has 2 fully saturated rings. The molecule has 0 spiro atoms. The van der Waals surface area contributed by atoms with Gasteiger partial charge in [-0.1, -0.05) is 0 Å². The lowest BCUT2D eigenvalue weighted by Gasteiger charge is -2.37. The van der Waals surface area contributed by atoms with Gasteiger partial charge in [-0.25, -0.2) is 4.79 Å². The van der Waals surface area contributed by atoms with Crippen molar-refractivity contribution in [1.29, 1.82) is 0 Å². The lowest BCUT2D eigenvalue weighted by Crippen LogP contribution is -2.49. The molecule has 1 N–H and O–H groups in total. The van der Waals surface area contributed by atoms with Gasteiger partial charge in [0.1, 0.15) is 5.60 Å². The summed E-state index contributed by atoms with van der Waals surface area (Å²) in [6, 6.07) is 0. The predicted molar refractivity (Wildman–Crippen MR) is 79.8 cm³/mol. The highest BCUT2D eigenvalue weighted by Gasteiger charge is 2.28. The van der Waals surface area contributed by atoms with Crippen LogP contribution in [0.25, 0.3) is 0 Å². The summed E-state index contributed by atoms with van der Waals surface area (Å²) in [6.45, 7) is 13.0. The van der Waals surface area contributed by atoms with Gasteiger partial charge < -0.3 is 19.9 Å². The number of hydrogen-bond donors (Lipinski definition) is 1. The number of ether oxygens (including phenoxy) is 1. The second kappa shape index (κ2) is 6.76. The fourth-order valence-electron chi connectivity index (χ4n) is 2.97. The van der Waals surface area contributed by atoms with Gasteiger partial charge in [0.05, 0.1) is 0 Å². The predicted octanol–water partition coefficient (Wildman–Crippen LogP) is 1.54. The van der Waals surface area contributed by atoms with Crippen molar-refractivity contribution in [2.45, 2.75) is 39.2 Å². The third-order valence-corrected chi connectivity index (χ3v) is 3.90. The minimum Gasteiger partial charge on any atom is -0.444 e. The van der Waals surface area contributed by atoms with Crippen LogP contribution < -0.4 is 5.32 Å². The lowest BCUT2D eigenvalue weighted by atomic mass is 9.97. The summed E-state index contributed by atoms with van der Waals surface area (Å²) in [7, 11) is 0. The number of hydrogen-bond acceptors (Lipinski definition) is 4. The minimum absolute atomic E-state index is 0.150. The van der Waals surface area contributed by atoms with E-state index in [1.54, 1.807) is 0 Å². The smallest absolute Gasteiger partial charge is 0.410 e. The van der Waals surface area contributed by atoms with Gasteiger partial charge in [-0.3, -0.25) is 0 Å². The SMILES string of the molecule is CC(C)(C)OC(=O)N1CCCC(CN2CCNCC2)C1. The van der Waals surface area contributed by atoms with Crippen molar-refractivity contribution in [2.24, 2.45) is 5.92 Å². The molecule has 2 heterocycles. The number of carbonyl (C=O) groups excluding carboxylic acids is 1. The highest BCUT2D eigenvalue weighted by Crippen LogP contribution is 2.20. The van der Waals surface area contributed by atoms with E-state index in [1.807, 2.05) is 25.7 Å². The zero-order valence-corrected chi connectivity index (χ0v) is 13.2. The molecule has 116 valence electrons. The van der Waals surface area contributed by atoms with E-state index in [-0.39, 0.29) is 6.09 Å². The molecule has 1 amide bonds. The number of nitrogens with one attached hydrogen (secondary N) is 1. The number of carbonyl (C=O) groups is 1. The van der Waals surface area contributed by atoms with Crippen LogP contribution >= 0.6 is 0 Å². The van der Waals surface area contributed by atoms with Crippen molar-refractivity contribution < 1.29 is 9.53 Å². The maximum absolute atomic E-state index is 12.1. The third kappa shape index (κ3) is 4.94. The molecule has 5 nitrogen and oxygen atoms in total. The molecule has 20 heavy (non-hydrogen) atoms. The van der Waals surface area contributed by atoms with E-state index in [2.05, 4.69) is 10.2 Å². The molecule has 1 atom stereocenters. The molecule has 0 saturated carbocycles. The first kappa shape index (κ1) is 15.6. The van der Waals surface area contributed by atoms with E-state index >= 15 is 0 Å². The van der Waals surface area contributed by atoms with Crippen molar-refractivity contribution in [3.8, 4) is 0 Å². The quantitative estimate of drug-likeness (QED) is 0.835. The highest BCUT2D eigenvalue weighted by molar-refractivity contribution is 5.68. The summed E-state index contributed by atoms with van der Waals surface area (Å²) >= 11 is 0. The van der Waals surface area contributed by atoms with E-state index in [0.29, 0.717) is 5.92 Å². The third-order valence-electron chi connectivity index (χ3n) is 3.90. The first-order valence-corrected chi connectivity index (χ1v) is 7.85. The number of rotatable bonds is 2. The molecule has 0 radical (unpaired) electrons. The lowest BCUT2D eigenvalue weighted by molar-refractivity contribution is 0.0142. The highest BCUT2D eigenvalue weighted by atomic mass is 16.6. The summed E-state index contributed by atoms with van der Waals surface area (Å²) in [6.07, 6.45) is 2.17. The molecule has 2 aliphatic rings. The molecule has 2 aliphatic heterocycles. The molecule has 0 aromatic carbocycles. The van der Waals surface area contributed by atoms with Crippen molar-refractivity contribution in [2.75, 3.05) is 45.8 Å². The molecule has 1 unspecified atom stereocenters. The Balaban J connectivity index is 1.80. The van der Waals surface area contributed by atoms with Gasteiger partial charge >= 0.3 is 6.09 Å². The normalized spacial score (nSPS) is 25.6. The van der Waals surface area contributed by atoms with Gasteiger partial charge in [0.2, 0.25) is 0 Å². The van der Waals surface area contributed by atoms with Crippen molar-refractivity contribution in [3.63, 3.8) is 0 Å². The minimum atomic E-state index is -0.400. The fourth-order valence-corrected chi connectivity index (χ4v) is 2.97. The van der Waals surface area contributed by atoms with Gasteiger partial charge in [0, 0.05) is 45.8 Å². The van der Waals surface area contributed by atoms with E-state index in [9.17, 15) is 4.79 Å². The van der Waals surface area contributed by atoms with Crippen LogP contribution in [0.2, 0.25) is 0 Å². The number of nitrogens with zero attached hydrogens (tertiary/aromatic N) is 2. The molecule has 0 aromatic rings. The van der Waals surface area contributed by atoms with Crippen LogP contribution in [0.1, 0.15) is 33.6 Å². The van der Waals surface area contributed by atoms with Crippen LogP contribution in [0.15, 0.2) is 0 Å². The number of amides is 1. The van der Waals surface area contributed by atoms with Gasteiger partial charge in [0.15, 0.2) is 0 Å². The van der Waals surface area contributed by atoms with Crippen LogP contribution in [-0.4, -0.2) is 67.3 Å². The van der Waals surface area contributed by atoms with Crippen LogP contribution in [0.3, 0.4) is 0 Å². The van der Waals surface area contributed by atoms with Crippen molar-refractivity contribution in [3.05, 3.63) is 0 Å². The van der Waals surface area contributed by atoms with Gasteiger partial charge in [-0.05, 0) is 39.5 Å². The zero-order chi connectivity index (χ0) is 14.6. The Morgan fingerprint density at radius 2 is 1.95 bits per heavy atom. The number of piperazine rings is 1. The van der Waals surface area contributed by atoms with Crippen LogP contribution in [0.5, 0.6) is 0 Å². The Labute approximate surface area is 122 Å². The van der Waals surface area contributed by atoms with Crippen LogP contribution in [0, 0.1) is 5.92 Å². The Morgan fingerprint density at radius 1 is 1.25 bits per heavy atom. The van der Waals surface area contributed by atoms with E-state index in [0.717, 1.165) is 52.2 Å². The zero-order valence-electron chi connectivity index (χ0n) is 13.2. The molecule has 2 rings (SSSR count). The summed E-state index contributed by atoms with van der Waals surface area (Å²) in [5, 5.41) is 3.38. The Bertz CT molecular complexity index is 322. The molecular weight excluding hydrogens is 254 g/mol. The first-order chi connectivity index (χ1) is 9.44. The standard InChI is InChI=1S/C15H29N3O2/c1-15(2,3)20-14(19)18-8-4-5-13(12-18)11-17-9-6-16-7-10-17/h13,16H,4-12H2,1-3H3. The van der Waals surface area contributed by atoms with E-state index in [4.69, 9.17) is 4.74 Å². The fraction of sp³-hybridized carbons (Fsp3) is 0.933. The maximum Gasteiger partial charge on any atom is 0.410 e. The van der Waals surface area contributed by atoms with Crippen LogP contribution in [0.4, 0.5) is 4.79 Å². The van der Waals surface area contributed by atoms with Crippen molar-refractivity contribution >= 4 is 6.09 Å². The van der Waals surface area contributed by atoms with Crippen molar-refractivity contribution in [1.82, 2.24) is 15.1 Å². The molecule has 0 aliphatic carbocycles. The van der Waals surface area contributed by atoms with E-state index < -0.39 is 5.60 Å². The monoisotopic (exact) mass is 283 g/mol. The van der Waals surface area contributed by atoms with Gasteiger partial charge in [-0.15, -0.1) is 0 Å². The van der Waals surface area contributed by atoms with Gasteiger partial charge in [-0.2, -0.15) is 0 Å². The average molecular weight is 283 g/mol. The number of piperidine rings is 1. The second-order valence-electron chi connectivity index (χ2n) is 6.99. The topological polar surface area (TPSA) is 44.8 Å². The molecule has 5 heteroatoms. The summed E-state index contributed by atoms with van der Waals surface area (Å²) in [4.78, 5) is 16.5. The number of likely N-dealkylation sites (tertiary alicyclic amines) is 1. The average Bonchev–Trinajstić information content (AvgIpc) is 2.38. The summed E-state index contributed by atoms with van der Waals surface area (Å²) in [5.74, 6) is 0.592. The molecule has 2 saturated heterocycles. The van der Waals surface area contributed by atoms with Gasteiger partial charge in [0.25, 0.3) is 0 Å². The molecule has 0 bridgehead atoms. The largest absolute Gasteiger partial charge is 0.444 e.